The van der Waals surface area contributed by atoms with E-state index in [9.17, 15) is 14.0 Å². The summed E-state index contributed by atoms with van der Waals surface area (Å²) in [6, 6.07) is 12.4. The number of hydrogen-bond acceptors (Lipinski definition) is 7. The van der Waals surface area contributed by atoms with E-state index in [0.717, 1.165) is 11.0 Å². The summed E-state index contributed by atoms with van der Waals surface area (Å²) >= 11 is 6.17. The van der Waals surface area contributed by atoms with Crippen molar-refractivity contribution in [3.63, 3.8) is 0 Å². The Morgan fingerprint density at radius 1 is 1.23 bits per heavy atom. The van der Waals surface area contributed by atoms with Crippen LogP contribution in [0.1, 0.15) is 15.9 Å². The number of nitrogens with one attached hydrogen (secondary N) is 3. The molecular weight excluding hydrogens is 473 g/mol. The maximum atomic E-state index is 14.2. The first-order valence-corrected chi connectivity index (χ1v) is 10.7. The molecule has 0 bridgehead atoms. The number of nitrogens with zero attached hydrogens (tertiary/aromatic N) is 4. The van der Waals surface area contributed by atoms with Crippen LogP contribution in [0.2, 0.25) is 5.02 Å². The number of aromatic nitrogens is 2. The van der Waals surface area contributed by atoms with Gasteiger partial charge in [-0.15, -0.1) is 0 Å². The molecule has 0 radical (unpaired) electrons. The van der Waals surface area contributed by atoms with Crippen molar-refractivity contribution >= 4 is 46.6 Å². The van der Waals surface area contributed by atoms with Crippen molar-refractivity contribution in [1.82, 2.24) is 15.3 Å². The first-order chi connectivity index (χ1) is 16.8. The highest BCUT2D eigenvalue weighted by atomic mass is 35.5. The van der Waals surface area contributed by atoms with Gasteiger partial charge in [-0.25, -0.2) is 9.37 Å². The molecular formula is C24H21ClFN7O2. The fraction of sp³-hybridized carbons (Fsp3) is 0.125. The molecule has 0 unspecified atom stereocenters. The molecule has 0 aliphatic heterocycles. The molecule has 3 rings (SSSR count). The van der Waals surface area contributed by atoms with Crippen LogP contribution in [0, 0.1) is 17.1 Å². The number of likely N-dealkylation sites (N-methyl/N-ethyl adjacent to an activating group) is 1. The van der Waals surface area contributed by atoms with Gasteiger partial charge in [-0.05, 0) is 48.5 Å². The zero-order valence-electron chi connectivity index (χ0n) is 18.7. The Morgan fingerprint density at radius 3 is 2.66 bits per heavy atom. The molecule has 0 fully saturated rings. The van der Waals surface area contributed by atoms with Crippen molar-refractivity contribution in [2.24, 2.45) is 0 Å². The average molecular weight is 494 g/mol. The number of nitriles is 1. The maximum absolute atomic E-state index is 14.2. The van der Waals surface area contributed by atoms with Gasteiger partial charge in [0, 0.05) is 31.4 Å². The summed E-state index contributed by atoms with van der Waals surface area (Å²) in [5, 5.41) is 17.8. The minimum absolute atomic E-state index is 0.0604. The summed E-state index contributed by atoms with van der Waals surface area (Å²) in [5.41, 5.74) is 1.42. The second-order valence-electron chi connectivity index (χ2n) is 7.15. The molecule has 0 spiro atoms. The highest BCUT2D eigenvalue weighted by Gasteiger charge is 2.14. The summed E-state index contributed by atoms with van der Waals surface area (Å²) in [5.74, 6) is -0.788. The van der Waals surface area contributed by atoms with Crippen LogP contribution in [0.15, 0.2) is 61.3 Å². The van der Waals surface area contributed by atoms with Gasteiger partial charge in [0.25, 0.3) is 5.91 Å². The van der Waals surface area contributed by atoms with Crippen molar-refractivity contribution in [2.75, 3.05) is 35.7 Å². The van der Waals surface area contributed by atoms with Crippen molar-refractivity contribution in [3.8, 4) is 6.07 Å². The molecule has 11 heteroatoms. The van der Waals surface area contributed by atoms with Gasteiger partial charge < -0.3 is 20.9 Å². The lowest BCUT2D eigenvalue weighted by Crippen LogP contribution is -2.29. The number of carbonyl (C=O) groups excluding carboxylic acids is 2. The summed E-state index contributed by atoms with van der Waals surface area (Å²) in [6.45, 7) is 4.02. The van der Waals surface area contributed by atoms with Crippen LogP contribution in [0.4, 0.5) is 27.5 Å². The number of amides is 2. The van der Waals surface area contributed by atoms with Crippen LogP contribution in [0.3, 0.4) is 0 Å². The normalized spacial score (nSPS) is 10.1. The highest BCUT2D eigenvalue weighted by Crippen LogP contribution is 2.26. The number of anilines is 4. The predicted octanol–water partition coefficient (Wildman–Crippen LogP) is 3.88. The number of carbonyl (C=O) groups is 2. The van der Waals surface area contributed by atoms with Gasteiger partial charge in [-0.3, -0.25) is 9.59 Å². The van der Waals surface area contributed by atoms with Gasteiger partial charge in [0.2, 0.25) is 11.9 Å². The van der Waals surface area contributed by atoms with Crippen molar-refractivity contribution in [2.45, 2.75) is 0 Å². The van der Waals surface area contributed by atoms with E-state index in [1.165, 1.54) is 31.4 Å². The Kier molecular flexibility index (Phi) is 8.32. The fourth-order valence-corrected chi connectivity index (χ4v) is 3.10. The molecule has 35 heavy (non-hydrogen) atoms. The quantitative estimate of drug-likeness (QED) is 0.305. The van der Waals surface area contributed by atoms with Crippen molar-refractivity contribution in [3.05, 3.63) is 83.3 Å². The maximum Gasteiger partial charge on any atom is 0.251 e. The summed E-state index contributed by atoms with van der Waals surface area (Å²) in [7, 11) is 1.44. The largest absolute Gasteiger partial charge is 0.367 e. The average Bonchev–Trinajstić information content (AvgIpc) is 2.88. The van der Waals surface area contributed by atoms with E-state index in [-0.39, 0.29) is 29.1 Å². The molecule has 0 aliphatic carbocycles. The molecule has 178 valence electrons. The third kappa shape index (κ3) is 6.52. The number of benzene rings is 2. The Bertz CT molecular complexity index is 1290. The molecule has 1 heterocycles. The van der Waals surface area contributed by atoms with E-state index in [1.54, 1.807) is 24.3 Å². The summed E-state index contributed by atoms with van der Waals surface area (Å²) in [4.78, 5) is 33.6. The van der Waals surface area contributed by atoms with Crippen LogP contribution in [-0.2, 0) is 4.79 Å². The zero-order chi connectivity index (χ0) is 25.4. The first-order valence-electron chi connectivity index (χ1n) is 10.3. The summed E-state index contributed by atoms with van der Waals surface area (Å²) in [6.07, 6.45) is 2.49. The molecule has 2 amide bonds. The van der Waals surface area contributed by atoms with Crippen molar-refractivity contribution in [1.29, 1.82) is 5.26 Å². The third-order valence-electron chi connectivity index (χ3n) is 4.79. The second kappa shape index (κ2) is 11.6. The number of hydrogen-bond donors (Lipinski definition) is 3. The molecule has 0 saturated heterocycles. The van der Waals surface area contributed by atoms with E-state index < -0.39 is 11.7 Å². The molecule has 3 N–H and O–H groups in total. The third-order valence-corrected chi connectivity index (χ3v) is 5.07. The minimum atomic E-state index is -0.573. The van der Waals surface area contributed by atoms with Gasteiger partial charge in [0.15, 0.2) is 5.82 Å². The number of halogens is 2. The molecule has 9 nitrogen and oxygen atoms in total. The van der Waals surface area contributed by atoms with Gasteiger partial charge in [0.1, 0.15) is 10.8 Å². The molecule has 2 aromatic carbocycles. The van der Waals surface area contributed by atoms with Gasteiger partial charge in [0.05, 0.1) is 23.5 Å². The lowest BCUT2D eigenvalue weighted by molar-refractivity contribution is -0.113. The molecule has 0 atom stereocenters. The Labute approximate surface area is 206 Å². The van der Waals surface area contributed by atoms with Crippen LogP contribution in [0.25, 0.3) is 0 Å². The first kappa shape index (κ1) is 25.1. The molecule has 3 aromatic rings. The van der Waals surface area contributed by atoms with E-state index in [2.05, 4.69) is 32.5 Å². The van der Waals surface area contributed by atoms with Crippen LogP contribution < -0.4 is 20.9 Å². The Morgan fingerprint density at radius 2 is 1.97 bits per heavy atom. The molecule has 0 aliphatic rings. The summed E-state index contributed by atoms with van der Waals surface area (Å²) < 4.78 is 14.2. The molecule has 0 saturated carbocycles. The Hall–Kier alpha value is -4.49. The van der Waals surface area contributed by atoms with Crippen molar-refractivity contribution < 1.29 is 14.0 Å². The monoisotopic (exact) mass is 493 g/mol. The highest BCUT2D eigenvalue weighted by molar-refractivity contribution is 6.32. The number of rotatable bonds is 9. The van der Waals surface area contributed by atoms with Crippen LogP contribution in [-0.4, -0.2) is 41.9 Å². The van der Waals surface area contributed by atoms with E-state index in [0.29, 0.717) is 29.2 Å². The predicted molar refractivity (Wildman–Crippen MR) is 132 cm³/mol. The van der Waals surface area contributed by atoms with Gasteiger partial charge >= 0.3 is 0 Å². The Balaban J connectivity index is 1.61. The zero-order valence-corrected chi connectivity index (χ0v) is 19.4. The SMILES string of the molecule is C=CC(=O)N(C)c1cc(Nc2ncc(Cl)c(NCCNC(=O)c3ccc(C#N)cc3)n2)ccc1F. The van der Waals surface area contributed by atoms with E-state index in [4.69, 9.17) is 16.9 Å². The second-order valence-corrected chi connectivity index (χ2v) is 7.56. The van der Waals surface area contributed by atoms with Gasteiger partial charge in [-0.2, -0.15) is 10.2 Å². The minimum Gasteiger partial charge on any atom is -0.367 e. The van der Waals surface area contributed by atoms with E-state index in [1.807, 2.05) is 6.07 Å². The fourth-order valence-electron chi connectivity index (χ4n) is 2.94. The van der Waals surface area contributed by atoms with Crippen LogP contribution in [0.5, 0.6) is 0 Å². The lowest BCUT2D eigenvalue weighted by atomic mass is 10.1. The topological polar surface area (TPSA) is 123 Å². The lowest BCUT2D eigenvalue weighted by Gasteiger charge is -2.17. The smallest absolute Gasteiger partial charge is 0.251 e. The molecule has 1 aromatic heterocycles. The van der Waals surface area contributed by atoms with Crippen LogP contribution >= 0.6 is 11.6 Å². The van der Waals surface area contributed by atoms with Gasteiger partial charge in [-0.1, -0.05) is 18.2 Å². The standard InChI is InChI=1S/C24H21ClFN7O2/c1-3-21(34)33(2)20-12-17(8-9-19(20)26)31-24-30-14-18(25)22(32-24)28-10-11-29-23(35)16-6-4-15(13-27)5-7-16/h3-9,12,14H,1,10-11H2,2H3,(H,29,35)(H2,28,30,31,32). The van der Waals surface area contributed by atoms with E-state index >= 15 is 0 Å².